The maximum absolute atomic E-state index is 12.1. The molecule has 0 aliphatic rings. The Morgan fingerprint density at radius 2 is 1.81 bits per heavy atom. The molecule has 26 heavy (non-hydrogen) atoms. The number of rotatable bonds is 7. The Hall–Kier alpha value is -2.73. The number of benzene rings is 2. The smallest absolute Gasteiger partial charge is 0.276 e. The lowest BCUT2D eigenvalue weighted by molar-refractivity contribution is -0.123. The monoisotopic (exact) mass is 376 g/mol. The van der Waals surface area contributed by atoms with E-state index in [1.165, 1.54) is 0 Å². The minimum Gasteiger partial charge on any atom is -0.493 e. The van der Waals surface area contributed by atoms with Crippen molar-refractivity contribution in [2.45, 2.75) is 13.8 Å². The van der Waals surface area contributed by atoms with Gasteiger partial charge in [-0.25, -0.2) is 0 Å². The van der Waals surface area contributed by atoms with Crippen LogP contribution in [0.4, 0.5) is 0 Å². The van der Waals surface area contributed by atoms with Gasteiger partial charge in [0.1, 0.15) is 11.5 Å². The van der Waals surface area contributed by atoms with Crippen LogP contribution in [0.5, 0.6) is 11.5 Å². The quantitative estimate of drug-likeness (QED) is 0.727. The number of para-hydroxylation sites is 1. The molecule has 0 aromatic heterocycles. The average molecular weight is 377 g/mol. The summed E-state index contributed by atoms with van der Waals surface area (Å²) in [4.78, 5) is 23.9. The second-order valence-electron chi connectivity index (χ2n) is 5.95. The van der Waals surface area contributed by atoms with Crippen LogP contribution in [0.1, 0.15) is 24.2 Å². The number of halogens is 1. The van der Waals surface area contributed by atoms with Crippen LogP contribution in [0.25, 0.3) is 0 Å². The number of hydrogen-bond acceptors (Lipinski definition) is 4. The molecule has 0 saturated heterocycles. The summed E-state index contributed by atoms with van der Waals surface area (Å²) >= 11 is 5.94. The number of hydrogen-bond donors (Lipinski definition) is 2. The third kappa shape index (κ3) is 6.29. The molecular weight excluding hydrogens is 356 g/mol. The van der Waals surface area contributed by atoms with E-state index in [2.05, 4.69) is 10.9 Å². The van der Waals surface area contributed by atoms with Gasteiger partial charge in [-0.3, -0.25) is 20.4 Å². The first-order valence-corrected chi connectivity index (χ1v) is 8.53. The maximum Gasteiger partial charge on any atom is 0.276 e. The third-order valence-corrected chi connectivity index (χ3v) is 3.50. The second-order valence-corrected chi connectivity index (χ2v) is 6.36. The Bertz CT molecular complexity index is 765. The molecule has 0 fully saturated rings. The highest BCUT2D eigenvalue weighted by Gasteiger charge is 2.10. The van der Waals surface area contributed by atoms with Gasteiger partial charge in [-0.15, -0.1) is 0 Å². The summed E-state index contributed by atoms with van der Waals surface area (Å²) in [6, 6.07) is 13.5. The topological polar surface area (TPSA) is 76.7 Å². The van der Waals surface area contributed by atoms with Gasteiger partial charge in [0.2, 0.25) is 0 Å². The van der Waals surface area contributed by atoms with Gasteiger partial charge >= 0.3 is 0 Å². The summed E-state index contributed by atoms with van der Waals surface area (Å²) in [6.45, 7) is 4.36. The van der Waals surface area contributed by atoms with Crippen molar-refractivity contribution in [2.24, 2.45) is 5.92 Å². The van der Waals surface area contributed by atoms with Crippen molar-refractivity contribution in [1.29, 1.82) is 0 Å². The van der Waals surface area contributed by atoms with E-state index in [-0.39, 0.29) is 6.61 Å². The van der Waals surface area contributed by atoms with E-state index < -0.39 is 11.8 Å². The Morgan fingerprint density at radius 1 is 1.04 bits per heavy atom. The van der Waals surface area contributed by atoms with Gasteiger partial charge in [0.05, 0.1) is 11.6 Å². The van der Waals surface area contributed by atoms with Crippen molar-refractivity contribution in [3.05, 3.63) is 59.1 Å². The van der Waals surface area contributed by atoms with Crippen molar-refractivity contribution < 1.29 is 19.1 Å². The first-order valence-electron chi connectivity index (χ1n) is 8.15. The SMILES string of the molecule is CC(C)COc1cccc(C(=O)NNC(=O)COc2ccccc2Cl)c1. The van der Waals surface area contributed by atoms with Crippen LogP contribution in [0.2, 0.25) is 5.02 Å². The van der Waals surface area contributed by atoms with Gasteiger partial charge in [-0.05, 0) is 36.2 Å². The predicted molar refractivity (Wildman–Crippen MR) is 99.3 cm³/mol. The van der Waals surface area contributed by atoms with E-state index in [1.807, 2.05) is 13.8 Å². The molecule has 2 amide bonds. The van der Waals surface area contributed by atoms with Crippen LogP contribution in [0, 0.1) is 5.92 Å². The van der Waals surface area contributed by atoms with E-state index in [0.717, 1.165) is 0 Å². The van der Waals surface area contributed by atoms with Gasteiger partial charge in [0.15, 0.2) is 6.61 Å². The number of ether oxygens (including phenoxy) is 2. The predicted octanol–water partition coefficient (Wildman–Crippen LogP) is 3.21. The van der Waals surface area contributed by atoms with E-state index in [9.17, 15) is 9.59 Å². The zero-order chi connectivity index (χ0) is 18.9. The number of amides is 2. The minimum absolute atomic E-state index is 0.276. The lowest BCUT2D eigenvalue weighted by Gasteiger charge is -2.11. The fourth-order valence-electron chi connectivity index (χ4n) is 1.93. The molecule has 0 bridgehead atoms. The Morgan fingerprint density at radius 3 is 2.54 bits per heavy atom. The normalized spacial score (nSPS) is 10.3. The lowest BCUT2D eigenvalue weighted by Crippen LogP contribution is -2.43. The molecule has 0 spiro atoms. The lowest BCUT2D eigenvalue weighted by atomic mass is 10.2. The highest BCUT2D eigenvalue weighted by Crippen LogP contribution is 2.22. The van der Waals surface area contributed by atoms with Gasteiger partial charge in [0.25, 0.3) is 11.8 Å². The van der Waals surface area contributed by atoms with Crippen LogP contribution in [0.15, 0.2) is 48.5 Å². The number of carbonyl (C=O) groups is 2. The zero-order valence-corrected chi connectivity index (χ0v) is 15.4. The van der Waals surface area contributed by atoms with Crippen LogP contribution in [-0.4, -0.2) is 25.0 Å². The minimum atomic E-state index is -0.509. The van der Waals surface area contributed by atoms with Crippen LogP contribution in [0.3, 0.4) is 0 Å². The van der Waals surface area contributed by atoms with Gasteiger partial charge in [-0.2, -0.15) is 0 Å². The van der Waals surface area contributed by atoms with Crippen LogP contribution >= 0.6 is 11.6 Å². The van der Waals surface area contributed by atoms with Crippen molar-refractivity contribution >= 4 is 23.4 Å². The van der Waals surface area contributed by atoms with E-state index >= 15 is 0 Å². The van der Waals surface area contributed by atoms with Crippen LogP contribution in [-0.2, 0) is 4.79 Å². The van der Waals surface area contributed by atoms with Gasteiger partial charge in [-0.1, -0.05) is 43.6 Å². The average Bonchev–Trinajstić information content (AvgIpc) is 2.64. The summed E-state index contributed by atoms with van der Waals surface area (Å²) in [5.41, 5.74) is 5.00. The number of carbonyl (C=O) groups excluding carboxylic acids is 2. The van der Waals surface area contributed by atoms with E-state index in [1.54, 1.807) is 48.5 Å². The van der Waals surface area contributed by atoms with Crippen molar-refractivity contribution in [2.75, 3.05) is 13.2 Å². The van der Waals surface area contributed by atoms with Crippen molar-refractivity contribution in [3.8, 4) is 11.5 Å². The molecule has 2 aromatic carbocycles. The molecule has 0 aliphatic carbocycles. The standard InChI is InChI=1S/C19H21ClN2O4/c1-13(2)11-25-15-7-5-6-14(10-15)19(24)22-21-18(23)12-26-17-9-4-3-8-16(17)20/h3-10,13H,11-12H2,1-2H3,(H,21,23)(H,22,24). The first-order chi connectivity index (χ1) is 12.5. The summed E-state index contributed by atoms with van der Waals surface area (Å²) in [7, 11) is 0. The molecule has 138 valence electrons. The molecule has 2 N–H and O–H groups in total. The Labute approximate surface area is 157 Å². The molecule has 0 radical (unpaired) electrons. The van der Waals surface area contributed by atoms with Crippen molar-refractivity contribution in [3.63, 3.8) is 0 Å². The fourth-order valence-corrected chi connectivity index (χ4v) is 2.12. The molecule has 7 heteroatoms. The number of hydrazine groups is 1. The molecule has 0 atom stereocenters. The molecule has 0 heterocycles. The second kappa shape index (κ2) is 9.68. The zero-order valence-electron chi connectivity index (χ0n) is 14.6. The molecule has 0 saturated carbocycles. The van der Waals surface area contributed by atoms with E-state index in [4.69, 9.17) is 21.1 Å². The Kier molecular flexibility index (Phi) is 7.29. The molecule has 0 unspecified atom stereocenters. The molecule has 2 rings (SSSR count). The van der Waals surface area contributed by atoms with Crippen molar-refractivity contribution in [1.82, 2.24) is 10.9 Å². The first kappa shape index (κ1) is 19.6. The third-order valence-electron chi connectivity index (χ3n) is 3.19. The highest BCUT2D eigenvalue weighted by molar-refractivity contribution is 6.32. The Balaban J connectivity index is 1.81. The largest absolute Gasteiger partial charge is 0.493 e. The highest BCUT2D eigenvalue weighted by atomic mass is 35.5. The summed E-state index contributed by atoms with van der Waals surface area (Å²) in [5.74, 6) is 0.409. The van der Waals surface area contributed by atoms with E-state index in [0.29, 0.717) is 34.6 Å². The molecule has 6 nitrogen and oxygen atoms in total. The molecule has 2 aromatic rings. The van der Waals surface area contributed by atoms with Gasteiger partial charge < -0.3 is 9.47 Å². The maximum atomic E-state index is 12.1. The fraction of sp³-hybridized carbons (Fsp3) is 0.263. The summed E-state index contributed by atoms with van der Waals surface area (Å²) in [5, 5.41) is 0.405. The summed E-state index contributed by atoms with van der Waals surface area (Å²) < 4.78 is 10.9. The van der Waals surface area contributed by atoms with Gasteiger partial charge in [0, 0.05) is 5.56 Å². The number of nitrogens with one attached hydrogen (secondary N) is 2. The summed E-state index contributed by atoms with van der Waals surface area (Å²) in [6.07, 6.45) is 0. The molecule has 0 aliphatic heterocycles. The van der Waals surface area contributed by atoms with Crippen LogP contribution < -0.4 is 20.3 Å². The molecular formula is C19H21ClN2O4.